The van der Waals surface area contributed by atoms with Crippen molar-refractivity contribution in [2.24, 2.45) is 0 Å². The highest BCUT2D eigenvalue weighted by Gasteiger charge is 2.36. The van der Waals surface area contributed by atoms with E-state index in [-0.39, 0.29) is 0 Å². The van der Waals surface area contributed by atoms with Gasteiger partial charge in [0.1, 0.15) is 0 Å². The Bertz CT molecular complexity index is 267. The molecule has 1 nitrogen and oxygen atoms in total. The first-order valence-electron chi connectivity index (χ1n) is 7.15. The van der Waals surface area contributed by atoms with Gasteiger partial charge in [-0.2, -0.15) is 0 Å². The van der Waals surface area contributed by atoms with Crippen LogP contribution in [-0.2, 0) is 4.43 Å². The zero-order chi connectivity index (χ0) is 14.4. The molecule has 0 aromatic carbocycles. The van der Waals surface area contributed by atoms with Crippen LogP contribution in [0.1, 0.15) is 41.0 Å². The molecule has 0 saturated carbocycles. The highest BCUT2D eigenvalue weighted by Crippen LogP contribution is 2.36. The number of hydrogen-bond donors (Lipinski definition) is 0. The van der Waals surface area contributed by atoms with Gasteiger partial charge in [-0.3, -0.25) is 0 Å². The maximum Gasteiger partial charge on any atom is 0.191 e. The second-order valence-electron chi connectivity index (χ2n) is 6.50. The van der Waals surface area contributed by atoms with E-state index in [0.29, 0.717) is 11.8 Å². The predicted octanol–water partition coefficient (Wildman–Crippen LogP) is 5.75. The molecule has 0 amide bonds. The first-order valence-corrected chi connectivity index (χ1v) is 10.8. The molecule has 0 aliphatic carbocycles. The Morgan fingerprint density at radius 3 is 2.11 bits per heavy atom. The third-order valence-electron chi connectivity index (χ3n) is 4.10. The minimum atomic E-state index is -1.57. The molecule has 18 heavy (non-hydrogen) atoms. The van der Waals surface area contributed by atoms with E-state index in [2.05, 4.69) is 69.7 Å². The molecule has 0 aromatic rings. The Kier molecular flexibility index (Phi) is 8.11. The van der Waals surface area contributed by atoms with Gasteiger partial charge >= 0.3 is 0 Å². The molecule has 106 valence electrons. The average molecular weight is 333 g/mol. The Morgan fingerprint density at radius 2 is 1.72 bits per heavy atom. The molecule has 0 rings (SSSR count). The van der Waals surface area contributed by atoms with Gasteiger partial charge in [0.2, 0.25) is 0 Å². The molecule has 0 radical (unpaired) electrons. The summed E-state index contributed by atoms with van der Waals surface area (Å²) in [5.74, 6) is 0. The van der Waals surface area contributed by atoms with Crippen molar-refractivity contribution in [1.82, 2.24) is 0 Å². The van der Waals surface area contributed by atoms with E-state index in [9.17, 15) is 0 Å². The fourth-order valence-corrected chi connectivity index (χ4v) is 3.51. The normalized spacial score (nSPS) is 13.9. The van der Waals surface area contributed by atoms with Crippen molar-refractivity contribution in [3.8, 4) is 0 Å². The molecule has 0 bridgehead atoms. The van der Waals surface area contributed by atoms with Gasteiger partial charge in [-0.15, -0.1) is 0 Å². The topological polar surface area (TPSA) is 9.23 Å². The lowest BCUT2D eigenvalue weighted by atomic mass is 9.46. The van der Waals surface area contributed by atoms with Crippen LogP contribution in [0.2, 0.25) is 30.8 Å². The number of hydrogen-bond acceptors (Lipinski definition) is 1. The molecule has 0 aliphatic rings. The summed E-state index contributed by atoms with van der Waals surface area (Å²) in [6, 6.07) is 0. The molecule has 0 aliphatic heterocycles. The van der Waals surface area contributed by atoms with Crippen molar-refractivity contribution >= 4 is 31.0 Å². The van der Waals surface area contributed by atoms with Crippen LogP contribution in [-0.4, -0.2) is 21.6 Å². The summed E-state index contributed by atoms with van der Waals surface area (Å²) in [6.45, 7) is 17.5. The Morgan fingerprint density at radius 1 is 1.22 bits per heavy atom. The van der Waals surface area contributed by atoms with Crippen LogP contribution in [0.5, 0.6) is 0 Å². The zero-order valence-corrected chi connectivity index (χ0v) is 15.9. The van der Waals surface area contributed by atoms with Gasteiger partial charge in [-0.25, -0.2) is 0 Å². The predicted molar refractivity (Wildman–Crippen MR) is 91.5 cm³/mol. The molecule has 0 N–H and O–H groups in total. The molecule has 0 spiro atoms. The van der Waals surface area contributed by atoms with Crippen molar-refractivity contribution in [3.63, 3.8) is 0 Å². The number of rotatable bonds is 7. The highest BCUT2D eigenvalue weighted by molar-refractivity contribution is 9.12. The lowest BCUT2D eigenvalue weighted by Gasteiger charge is -2.36. The minimum Gasteiger partial charge on any atom is -0.417 e. The van der Waals surface area contributed by atoms with E-state index in [1.54, 1.807) is 0 Å². The van der Waals surface area contributed by atoms with Crippen LogP contribution in [0.3, 0.4) is 0 Å². The van der Waals surface area contributed by atoms with Crippen molar-refractivity contribution in [2.45, 2.75) is 71.8 Å². The van der Waals surface area contributed by atoms with E-state index in [1.807, 2.05) is 0 Å². The zero-order valence-electron chi connectivity index (χ0n) is 13.3. The second-order valence-corrected chi connectivity index (χ2v) is 12.2. The van der Waals surface area contributed by atoms with Crippen LogP contribution in [0.15, 0.2) is 10.5 Å². The largest absolute Gasteiger partial charge is 0.417 e. The van der Waals surface area contributed by atoms with Crippen LogP contribution >= 0.6 is 15.9 Å². The van der Waals surface area contributed by atoms with Gasteiger partial charge in [0, 0.05) is 6.61 Å². The monoisotopic (exact) mass is 332 g/mol. The van der Waals surface area contributed by atoms with Crippen molar-refractivity contribution in [3.05, 3.63) is 10.5 Å². The van der Waals surface area contributed by atoms with Crippen LogP contribution in [0.4, 0.5) is 0 Å². The van der Waals surface area contributed by atoms with Gasteiger partial charge in [0.25, 0.3) is 0 Å². The van der Waals surface area contributed by atoms with E-state index < -0.39 is 8.32 Å². The molecule has 4 heteroatoms. The van der Waals surface area contributed by atoms with Gasteiger partial charge in [-0.1, -0.05) is 69.3 Å². The summed E-state index contributed by atoms with van der Waals surface area (Å²) in [5.41, 5.74) is 0. The van der Waals surface area contributed by atoms with E-state index in [0.717, 1.165) is 13.0 Å². The summed E-state index contributed by atoms with van der Waals surface area (Å²) in [6.07, 6.45) is 5.72. The summed E-state index contributed by atoms with van der Waals surface area (Å²) >= 11 is 3.70. The Balaban J connectivity index is 4.18. The van der Waals surface area contributed by atoms with Crippen LogP contribution < -0.4 is 0 Å². The van der Waals surface area contributed by atoms with Crippen molar-refractivity contribution < 1.29 is 4.43 Å². The summed E-state index contributed by atoms with van der Waals surface area (Å²) in [5, 5.41) is 0.309. The molecule has 0 aromatic heterocycles. The molecule has 0 atom stereocenters. The fraction of sp³-hybridized carbons (Fsp3) is 0.857. The molecule has 0 unspecified atom stereocenters. The third-order valence-corrected chi connectivity index (χ3v) is 9.61. The quantitative estimate of drug-likeness (QED) is 0.426. The summed E-state index contributed by atoms with van der Waals surface area (Å²) in [7, 11) is -1.57. The van der Waals surface area contributed by atoms with Gasteiger partial charge in [0.05, 0.1) is 0 Å². The lowest BCUT2D eigenvalue weighted by molar-refractivity contribution is 0.294. The number of halogens is 1. The maximum atomic E-state index is 6.16. The van der Waals surface area contributed by atoms with E-state index >= 15 is 0 Å². The molecular weight excluding hydrogens is 303 g/mol. The van der Waals surface area contributed by atoms with E-state index in [4.69, 9.17) is 4.43 Å². The average Bonchev–Trinajstić information content (AvgIpc) is 2.24. The maximum absolute atomic E-state index is 6.16. The Labute approximate surface area is 124 Å². The first kappa shape index (κ1) is 18.5. The highest BCUT2D eigenvalue weighted by atomic mass is 79.9. The van der Waals surface area contributed by atoms with Gasteiger partial charge < -0.3 is 4.43 Å². The van der Waals surface area contributed by atoms with E-state index in [1.165, 1.54) is 17.0 Å². The standard InChI is InChI=1S/C14H30BBrOSi/c1-8-15(9-2)13(16)11-10-12-17-18(6,7)14(3,4)5/h11H,8-10,12H2,1-7H3/b13-11-. The molecule has 0 heterocycles. The van der Waals surface area contributed by atoms with Crippen molar-refractivity contribution in [1.29, 1.82) is 0 Å². The van der Waals surface area contributed by atoms with Crippen LogP contribution in [0, 0.1) is 0 Å². The smallest absolute Gasteiger partial charge is 0.191 e. The lowest BCUT2D eigenvalue weighted by Crippen LogP contribution is -2.40. The second kappa shape index (κ2) is 7.91. The first-order chi connectivity index (χ1) is 8.15. The molecule has 0 saturated heterocycles. The molecular formula is C14H30BBrOSi. The Hall–Kier alpha value is 0.462. The van der Waals surface area contributed by atoms with Crippen molar-refractivity contribution in [2.75, 3.05) is 6.61 Å². The fourth-order valence-electron chi connectivity index (χ4n) is 1.57. The minimum absolute atomic E-state index is 0.309. The van der Waals surface area contributed by atoms with Gasteiger partial charge in [-0.05, 0) is 28.9 Å². The molecule has 0 fully saturated rings. The van der Waals surface area contributed by atoms with Crippen LogP contribution in [0.25, 0.3) is 0 Å². The van der Waals surface area contributed by atoms with Gasteiger partial charge in [0.15, 0.2) is 15.0 Å². The third kappa shape index (κ3) is 6.07. The summed E-state index contributed by atoms with van der Waals surface area (Å²) in [4.78, 5) is 0. The summed E-state index contributed by atoms with van der Waals surface area (Å²) < 4.78 is 7.52. The SMILES string of the molecule is CCB(CC)/C(Br)=C/CCO[Si](C)(C)C(C)(C)C.